The predicted molar refractivity (Wildman–Crippen MR) is 105 cm³/mol. The molecule has 3 nitrogen and oxygen atoms in total. The summed E-state index contributed by atoms with van der Waals surface area (Å²) in [7, 11) is 0. The Morgan fingerprint density at radius 3 is 1.92 bits per heavy atom. The molecule has 0 atom stereocenters. The van der Waals surface area contributed by atoms with E-state index >= 15 is 0 Å². The highest BCUT2D eigenvalue weighted by Gasteiger charge is 2.06. The van der Waals surface area contributed by atoms with Crippen molar-refractivity contribution in [2.75, 3.05) is 10.6 Å². The van der Waals surface area contributed by atoms with Crippen LogP contribution < -0.4 is 10.6 Å². The lowest BCUT2D eigenvalue weighted by atomic mass is 10.1. The number of amides is 1. The maximum absolute atomic E-state index is 12.4. The van der Waals surface area contributed by atoms with Crippen molar-refractivity contribution in [3.05, 3.63) is 102 Å². The lowest BCUT2D eigenvalue weighted by Crippen LogP contribution is -2.11. The minimum absolute atomic E-state index is 0.218. The van der Waals surface area contributed by atoms with E-state index in [1.54, 1.807) is 30.3 Å². The summed E-state index contributed by atoms with van der Waals surface area (Å²) < 4.78 is 0. The van der Waals surface area contributed by atoms with Crippen molar-refractivity contribution < 1.29 is 4.79 Å². The van der Waals surface area contributed by atoms with Crippen LogP contribution >= 0.6 is 11.6 Å². The van der Waals surface area contributed by atoms with Crippen LogP contribution in [0.25, 0.3) is 5.70 Å². The highest BCUT2D eigenvalue weighted by molar-refractivity contribution is 6.30. The number of benzene rings is 3. The quantitative estimate of drug-likeness (QED) is 0.603. The fourth-order valence-corrected chi connectivity index (χ4v) is 2.45. The lowest BCUT2D eigenvalue weighted by Gasteiger charge is -2.12. The molecule has 0 aromatic heterocycles. The Morgan fingerprint density at radius 1 is 0.720 bits per heavy atom. The van der Waals surface area contributed by atoms with Gasteiger partial charge in [-0.3, -0.25) is 4.79 Å². The Bertz CT molecular complexity index is 859. The van der Waals surface area contributed by atoms with Crippen molar-refractivity contribution in [2.45, 2.75) is 0 Å². The first-order chi connectivity index (χ1) is 12.2. The number of hydrogen-bond donors (Lipinski definition) is 2. The van der Waals surface area contributed by atoms with Crippen LogP contribution in [0.5, 0.6) is 0 Å². The summed E-state index contributed by atoms with van der Waals surface area (Å²) in [4.78, 5) is 12.4. The lowest BCUT2D eigenvalue weighted by molar-refractivity contribution is -0.111. The highest BCUT2D eigenvalue weighted by atomic mass is 35.5. The molecule has 0 radical (unpaired) electrons. The zero-order chi connectivity index (χ0) is 17.5. The molecule has 0 heterocycles. The smallest absolute Gasteiger partial charge is 0.250 e. The maximum atomic E-state index is 12.4. The van der Waals surface area contributed by atoms with Gasteiger partial charge in [-0.1, -0.05) is 60.1 Å². The fraction of sp³-hybridized carbons (Fsp3) is 0. The predicted octanol–water partition coefficient (Wildman–Crippen LogP) is 5.43. The number of para-hydroxylation sites is 1. The number of carbonyl (C=O) groups excluding carboxylic acids is 1. The second kappa shape index (κ2) is 8.18. The van der Waals surface area contributed by atoms with Gasteiger partial charge in [-0.2, -0.15) is 0 Å². The maximum Gasteiger partial charge on any atom is 0.250 e. The molecule has 3 aromatic carbocycles. The summed E-state index contributed by atoms with van der Waals surface area (Å²) in [6.07, 6.45) is 1.55. The molecule has 0 aliphatic carbocycles. The Labute approximate surface area is 152 Å². The molecule has 2 N–H and O–H groups in total. The van der Waals surface area contributed by atoms with Gasteiger partial charge in [0.25, 0.3) is 0 Å². The summed E-state index contributed by atoms with van der Waals surface area (Å²) in [6, 6.07) is 26.5. The normalized spacial score (nSPS) is 11.0. The number of hydrogen-bond acceptors (Lipinski definition) is 2. The molecule has 124 valence electrons. The molecule has 0 unspecified atom stereocenters. The number of anilines is 2. The average Bonchev–Trinajstić information content (AvgIpc) is 2.65. The monoisotopic (exact) mass is 348 g/mol. The second-order valence-electron chi connectivity index (χ2n) is 5.41. The first-order valence-corrected chi connectivity index (χ1v) is 8.24. The molecule has 3 aromatic rings. The van der Waals surface area contributed by atoms with Gasteiger partial charge in [-0.25, -0.2) is 0 Å². The van der Waals surface area contributed by atoms with E-state index in [2.05, 4.69) is 10.6 Å². The van der Waals surface area contributed by atoms with Crippen LogP contribution in [0.2, 0.25) is 5.02 Å². The SMILES string of the molecule is O=C(C=C(Nc1ccccc1)c1ccccc1)Nc1ccc(Cl)cc1. The standard InChI is InChI=1S/C21H17ClN2O/c22-17-11-13-19(14-12-17)24-21(25)15-20(16-7-3-1-4-8-16)23-18-9-5-2-6-10-18/h1-15,23H,(H,24,25). The van der Waals surface area contributed by atoms with Gasteiger partial charge in [0.05, 0.1) is 5.70 Å². The van der Waals surface area contributed by atoms with Crippen molar-refractivity contribution >= 4 is 34.6 Å². The van der Waals surface area contributed by atoms with E-state index in [1.165, 1.54) is 0 Å². The zero-order valence-corrected chi connectivity index (χ0v) is 14.2. The van der Waals surface area contributed by atoms with Crippen LogP contribution in [0.15, 0.2) is 91.0 Å². The third-order valence-electron chi connectivity index (χ3n) is 3.52. The first-order valence-electron chi connectivity index (χ1n) is 7.86. The zero-order valence-electron chi connectivity index (χ0n) is 13.4. The average molecular weight is 349 g/mol. The van der Waals surface area contributed by atoms with E-state index in [0.717, 1.165) is 16.9 Å². The molecule has 25 heavy (non-hydrogen) atoms. The van der Waals surface area contributed by atoms with Gasteiger partial charge in [0.15, 0.2) is 0 Å². The van der Waals surface area contributed by atoms with Crippen LogP contribution in [0.1, 0.15) is 5.56 Å². The van der Waals surface area contributed by atoms with Gasteiger partial charge in [0, 0.05) is 22.5 Å². The summed E-state index contributed by atoms with van der Waals surface area (Å²) in [5.74, 6) is -0.218. The van der Waals surface area contributed by atoms with Crippen molar-refractivity contribution in [3.63, 3.8) is 0 Å². The molecule has 1 amide bonds. The Morgan fingerprint density at radius 2 is 1.28 bits per heavy atom. The number of rotatable bonds is 5. The fourth-order valence-electron chi connectivity index (χ4n) is 2.33. The highest BCUT2D eigenvalue weighted by Crippen LogP contribution is 2.19. The van der Waals surface area contributed by atoms with Crippen molar-refractivity contribution in [3.8, 4) is 0 Å². The van der Waals surface area contributed by atoms with E-state index in [9.17, 15) is 4.79 Å². The largest absolute Gasteiger partial charge is 0.355 e. The first kappa shape index (κ1) is 16.8. The Balaban J connectivity index is 1.83. The van der Waals surface area contributed by atoms with Crippen molar-refractivity contribution in [1.82, 2.24) is 0 Å². The van der Waals surface area contributed by atoms with E-state index in [1.807, 2.05) is 60.7 Å². The molecule has 0 fully saturated rings. The third kappa shape index (κ3) is 4.96. The summed E-state index contributed by atoms with van der Waals surface area (Å²) >= 11 is 5.87. The molecule has 0 bridgehead atoms. The summed E-state index contributed by atoms with van der Waals surface area (Å²) in [5, 5.41) is 6.77. The molecule has 0 aliphatic rings. The van der Waals surface area contributed by atoms with Gasteiger partial charge < -0.3 is 10.6 Å². The number of halogens is 1. The van der Waals surface area contributed by atoms with Gasteiger partial charge in [0.2, 0.25) is 5.91 Å². The van der Waals surface area contributed by atoms with E-state index in [4.69, 9.17) is 11.6 Å². The van der Waals surface area contributed by atoms with Gasteiger partial charge in [0.1, 0.15) is 0 Å². The topological polar surface area (TPSA) is 41.1 Å². The van der Waals surface area contributed by atoms with Crippen LogP contribution in [0, 0.1) is 0 Å². The molecular formula is C21H17ClN2O. The second-order valence-corrected chi connectivity index (χ2v) is 5.85. The van der Waals surface area contributed by atoms with Gasteiger partial charge >= 0.3 is 0 Å². The Kier molecular flexibility index (Phi) is 5.50. The van der Waals surface area contributed by atoms with E-state index < -0.39 is 0 Å². The van der Waals surface area contributed by atoms with Crippen LogP contribution in [0.4, 0.5) is 11.4 Å². The molecule has 0 saturated carbocycles. The van der Waals surface area contributed by atoms with E-state index in [-0.39, 0.29) is 5.91 Å². The van der Waals surface area contributed by atoms with Crippen LogP contribution in [-0.2, 0) is 4.79 Å². The molecular weight excluding hydrogens is 332 g/mol. The summed E-state index contributed by atoms with van der Waals surface area (Å²) in [5.41, 5.74) is 3.26. The molecule has 3 rings (SSSR count). The van der Waals surface area contributed by atoms with Crippen LogP contribution in [0.3, 0.4) is 0 Å². The number of nitrogens with one attached hydrogen (secondary N) is 2. The molecule has 0 spiro atoms. The number of carbonyl (C=O) groups is 1. The molecule has 4 heteroatoms. The van der Waals surface area contributed by atoms with Gasteiger partial charge in [-0.15, -0.1) is 0 Å². The minimum atomic E-state index is -0.218. The minimum Gasteiger partial charge on any atom is -0.355 e. The van der Waals surface area contributed by atoms with E-state index in [0.29, 0.717) is 10.7 Å². The van der Waals surface area contributed by atoms with Crippen molar-refractivity contribution in [2.24, 2.45) is 0 Å². The molecule has 0 saturated heterocycles. The third-order valence-corrected chi connectivity index (χ3v) is 3.78. The Hall–Kier alpha value is -3.04. The summed E-state index contributed by atoms with van der Waals surface area (Å²) in [6.45, 7) is 0. The van der Waals surface area contributed by atoms with Crippen molar-refractivity contribution in [1.29, 1.82) is 0 Å². The van der Waals surface area contributed by atoms with Gasteiger partial charge in [-0.05, 0) is 42.0 Å². The van der Waals surface area contributed by atoms with Crippen LogP contribution in [-0.4, -0.2) is 5.91 Å². The molecule has 0 aliphatic heterocycles.